The molecule has 1 N–H and O–H groups in total. The van der Waals surface area contributed by atoms with Crippen molar-refractivity contribution in [2.45, 2.75) is 38.8 Å². The van der Waals surface area contributed by atoms with E-state index in [4.69, 9.17) is 4.74 Å². The summed E-state index contributed by atoms with van der Waals surface area (Å²) in [5.41, 5.74) is -0.663. The number of nitrogens with one attached hydrogen (secondary N) is 1. The van der Waals surface area contributed by atoms with Crippen molar-refractivity contribution < 1.29 is 19.4 Å². The first-order chi connectivity index (χ1) is 8.28. The number of hydrogen-bond acceptors (Lipinski definition) is 5. The lowest BCUT2D eigenvalue weighted by Gasteiger charge is -2.23. The van der Waals surface area contributed by atoms with E-state index in [-0.39, 0.29) is 6.42 Å². The highest BCUT2D eigenvalue weighted by Gasteiger charge is 2.20. The summed E-state index contributed by atoms with van der Waals surface area (Å²) in [4.78, 5) is 23.3. The van der Waals surface area contributed by atoms with Gasteiger partial charge in [-0.3, -0.25) is 0 Å². The lowest BCUT2D eigenvalue weighted by Crippen LogP contribution is -2.50. The van der Waals surface area contributed by atoms with Gasteiger partial charge < -0.3 is 20.0 Å². The maximum absolute atomic E-state index is 11.5. The lowest BCUT2D eigenvalue weighted by molar-refractivity contribution is -0.308. The molecule has 1 heterocycles. The predicted octanol–water partition coefficient (Wildman–Crippen LogP) is 0.934. The Morgan fingerprint density at radius 2 is 2.17 bits per heavy atom. The third-order valence-corrected chi connectivity index (χ3v) is 2.86. The van der Waals surface area contributed by atoms with Crippen LogP contribution in [-0.2, 0) is 16.0 Å². The Kier molecular flexibility index (Phi) is 4.72. The summed E-state index contributed by atoms with van der Waals surface area (Å²) in [6.07, 6.45) is -0.563. The van der Waals surface area contributed by atoms with Crippen molar-refractivity contribution in [3.8, 4) is 0 Å². The summed E-state index contributed by atoms with van der Waals surface area (Å²) < 4.78 is 5.00. The molecule has 1 aromatic rings. The smallest absolute Gasteiger partial charge is 0.408 e. The van der Waals surface area contributed by atoms with E-state index >= 15 is 0 Å². The van der Waals surface area contributed by atoms with Gasteiger partial charge in [-0.15, -0.1) is 11.3 Å². The Morgan fingerprint density at radius 1 is 1.50 bits per heavy atom. The van der Waals surface area contributed by atoms with Crippen LogP contribution in [0.1, 0.15) is 25.6 Å². The number of ether oxygens (including phenoxy) is 1. The van der Waals surface area contributed by atoms with Crippen molar-refractivity contribution in [3.63, 3.8) is 0 Å². The fraction of sp³-hybridized carbons (Fsp3) is 0.500. The van der Waals surface area contributed by atoms with Gasteiger partial charge in [-0.1, -0.05) is 6.07 Å². The molecule has 0 saturated carbocycles. The molecule has 0 fully saturated rings. The molecule has 5 nitrogen and oxygen atoms in total. The molecule has 0 spiro atoms. The normalized spacial score (nSPS) is 12.8. The molecule has 1 atom stereocenters. The van der Waals surface area contributed by atoms with E-state index in [1.807, 2.05) is 11.4 Å². The van der Waals surface area contributed by atoms with Gasteiger partial charge in [0, 0.05) is 11.3 Å². The predicted molar refractivity (Wildman–Crippen MR) is 66.2 cm³/mol. The zero-order chi connectivity index (χ0) is 13.8. The number of carboxylic acid groups (broad SMARTS) is 1. The van der Waals surface area contributed by atoms with Crippen LogP contribution in [0.3, 0.4) is 0 Å². The average Bonchev–Trinajstić information content (AvgIpc) is 2.66. The highest BCUT2D eigenvalue weighted by atomic mass is 32.1. The van der Waals surface area contributed by atoms with E-state index in [0.717, 1.165) is 4.88 Å². The van der Waals surface area contributed by atoms with Crippen molar-refractivity contribution in [2.75, 3.05) is 0 Å². The van der Waals surface area contributed by atoms with Gasteiger partial charge in [-0.2, -0.15) is 0 Å². The van der Waals surface area contributed by atoms with E-state index in [1.165, 1.54) is 11.3 Å². The maximum atomic E-state index is 11.5. The Hall–Kier alpha value is -1.56. The second kappa shape index (κ2) is 5.86. The summed E-state index contributed by atoms with van der Waals surface area (Å²) in [6, 6.07) is 2.54. The van der Waals surface area contributed by atoms with Gasteiger partial charge in [0.15, 0.2) is 0 Å². The summed E-state index contributed by atoms with van der Waals surface area (Å²) in [7, 11) is 0. The molecule has 0 aliphatic heterocycles. The fourth-order valence-corrected chi connectivity index (χ4v) is 2.02. The third-order valence-electron chi connectivity index (χ3n) is 1.96. The van der Waals surface area contributed by atoms with Crippen molar-refractivity contribution in [1.82, 2.24) is 5.32 Å². The van der Waals surface area contributed by atoms with Crippen molar-refractivity contribution in [1.29, 1.82) is 0 Å². The molecular formula is C12H16NO4S-. The van der Waals surface area contributed by atoms with E-state index in [1.54, 1.807) is 26.8 Å². The van der Waals surface area contributed by atoms with E-state index in [9.17, 15) is 14.7 Å². The van der Waals surface area contributed by atoms with Gasteiger partial charge in [0.05, 0.1) is 12.0 Å². The average molecular weight is 270 g/mol. The topological polar surface area (TPSA) is 78.5 Å². The number of rotatable bonds is 4. The molecule has 18 heavy (non-hydrogen) atoms. The molecule has 100 valence electrons. The van der Waals surface area contributed by atoms with Gasteiger partial charge >= 0.3 is 6.09 Å². The van der Waals surface area contributed by atoms with Crippen LogP contribution in [0.15, 0.2) is 17.5 Å². The minimum atomic E-state index is -1.32. The van der Waals surface area contributed by atoms with Crippen LogP contribution in [0.2, 0.25) is 0 Å². The van der Waals surface area contributed by atoms with Crippen LogP contribution in [0.5, 0.6) is 0 Å². The molecule has 0 radical (unpaired) electrons. The number of aliphatic carboxylic acids is 1. The minimum absolute atomic E-state index is 0.194. The summed E-state index contributed by atoms with van der Waals surface area (Å²) >= 11 is 1.43. The van der Waals surface area contributed by atoms with Gasteiger partial charge in [0.25, 0.3) is 0 Å². The van der Waals surface area contributed by atoms with E-state index in [2.05, 4.69) is 5.32 Å². The number of hydrogen-bond donors (Lipinski definition) is 1. The van der Waals surface area contributed by atoms with Gasteiger partial charge in [-0.25, -0.2) is 4.79 Å². The number of carbonyl (C=O) groups is 2. The highest BCUT2D eigenvalue weighted by Crippen LogP contribution is 2.12. The van der Waals surface area contributed by atoms with Gasteiger partial charge in [0.1, 0.15) is 5.60 Å². The molecule has 0 saturated heterocycles. The highest BCUT2D eigenvalue weighted by molar-refractivity contribution is 7.09. The third kappa shape index (κ3) is 5.18. The second-order valence-corrected chi connectivity index (χ2v) is 5.83. The Morgan fingerprint density at radius 3 is 2.61 bits per heavy atom. The molecule has 0 aliphatic carbocycles. The molecule has 0 aromatic carbocycles. The Labute approximate surface area is 110 Å². The van der Waals surface area contributed by atoms with Crippen LogP contribution in [-0.4, -0.2) is 23.7 Å². The maximum Gasteiger partial charge on any atom is 0.408 e. The standard InChI is InChI=1S/C12H17NO4S/c1-12(2,3)17-11(16)13-9(10(14)15)7-8-5-4-6-18-8/h4-6,9H,7H2,1-3H3,(H,13,16)(H,14,15)/p-1/t9-/m0/s1. The molecule has 1 amide bonds. The monoisotopic (exact) mass is 270 g/mol. The van der Waals surface area contributed by atoms with Crippen LogP contribution >= 0.6 is 11.3 Å². The lowest BCUT2D eigenvalue weighted by atomic mass is 10.2. The first-order valence-electron chi connectivity index (χ1n) is 5.50. The van der Waals surface area contributed by atoms with Gasteiger partial charge in [0.2, 0.25) is 0 Å². The van der Waals surface area contributed by atoms with E-state index in [0.29, 0.717) is 0 Å². The Bertz CT molecular complexity index is 408. The molecule has 1 aromatic heterocycles. The molecule has 6 heteroatoms. The first kappa shape index (κ1) is 14.5. The van der Waals surface area contributed by atoms with E-state index < -0.39 is 23.7 Å². The molecule has 0 aliphatic rings. The van der Waals surface area contributed by atoms with Gasteiger partial charge in [-0.05, 0) is 32.2 Å². The van der Waals surface area contributed by atoms with Crippen LogP contribution in [0, 0.1) is 0 Å². The number of thiophene rings is 1. The molecule has 0 bridgehead atoms. The summed E-state index contributed by atoms with van der Waals surface area (Å²) in [6.45, 7) is 5.12. The molecule has 0 unspecified atom stereocenters. The number of carbonyl (C=O) groups excluding carboxylic acids is 2. The summed E-state index contributed by atoms with van der Waals surface area (Å²) in [5, 5.41) is 15.1. The van der Waals surface area contributed by atoms with Crippen molar-refractivity contribution in [2.24, 2.45) is 0 Å². The summed E-state index contributed by atoms with van der Waals surface area (Å²) in [5.74, 6) is -1.32. The van der Waals surface area contributed by atoms with Crippen LogP contribution in [0.25, 0.3) is 0 Å². The SMILES string of the molecule is CC(C)(C)OC(=O)N[C@@H](Cc1cccs1)C(=O)[O-]. The number of alkyl carbamates (subject to hydrolysis) is 1. The zero-order valence-electron chi connectivity index (χ0n) is 10.6. The molecular weight excluding hydrogens is 254 g/mol. The second-order valence-electron chi connectivity index (χ2n) is 4.80. The quantitative estimate of drug-likeness (QED) is 0.883. The van der Waals surface area contributed by atoms with Crippen molar-refractivity contribution >= 4 is 23.4 Å². The number of amides is 1. The largest absolute Gasteiger partial charge is 0.548 e. The fourth-order valence-electron chi connectivity index (χ4n) is 1.27. The van der Waals surface area contributed by atoms with Crippen LogP contribution in [0.4, 0.5) is 4.79 Å². The van der Waals surface area contributed by atoms with Crippen LogP contribution < -0.4 is 10.4 Å². The number of carboxylic acids is 1. The Balaban J connectivity index is 2.58. The van der Waals surface area contributed by atoms with Crippen molar-refractivity contribution in [3.05, 3.63) is 22.4 Å². The molecule has 1 rings (SSSR count). The zero-order valence-corrected chi connectivity index (χ0v) is 11.4. The first-order valence-corrected chi connectivity index (χ1v) is 6.38. The minimum Gasteiger partial charge on any atom is -0.548 e.